The van der Waals surface area contributed by atoms with Crippen molar-refractivity contribution in [3.63, 3.8) is 0 Å². The van der Waals surface area contributed by atoms with E-state index in [1.54, 1.807) is 0 Å². The Labute approximate surface area is 92.2 Å². The number of nitrogens with one attached hydrogen (secondary N) is 2. The highest BCUT2D eigenvalue weighted by molar-refractivity contribution is 7.93. The van der Waals surface area contributed by atoms with Crippen LogP contribution in [-0.4, -0.2) is 37.0 Å². The molecule has 1 aromatic rings. The summed E-state index contributed by atoms with van der Waals surface area (Å²) in [7, 11) is -3.29. The van der Waals surface area contributed by atoms with Gasteiger partial charge in [-0.3, -0.25) is 4.72 Å². The third-order valence-electron chi connectivity index (χ3n) is 2.31. The van der Waals surface area contributed by atoms with Crippen LogP contribution in [0.15, 0.2) is 5.51 Å². The maximum atomic E-state index is 11.9. The Morgan fingerprint density at radius 3 is 2.80 bits per heavy atom. The lowest BCUT2D eigenvalue weighted by atomic mass is 10.2. The second-order valence-corrected chi connectivity index (χ2v) is 6.13. The van der Waals surface area contributed by atoms with Crippen molar-refractivity contribution in [2.45, 2.75) is 18.1 Å². The summed E-state index contributed by atoms with van der Waals surface area (Å²) in [5, 5.41) is 10.4. The Hall–Kier alpha value is -0.730. The van der Waals surface area contributed by atoms with Crippen molar-refractivity contribution < 1.29 is 8.42 Å². The van der Waals surface area contributed by atoms with Gasteiger partial charge in [-0.15, -0.1) is 10.2 Å². The molecule has 0 aromatic carbocycles. The van der Waals surface area contributed by atoms with Crippen molar-refractivity contribution in [1.82, 2.24) is 15.5 Å². The highest BCUT2D eigenvalue weighted by Gasteiger charge is 2.27. The largest absolute Gasteiger partial charge is 0.317 e. The highest BCUT2D eigenvalue weighted by Crippen LogP contribution is 2.18. The maximum absolute atomic E-state index is 11.9. The van der Waals surface area contributed by atoms with Gasteiger partial charge in [0.1, 0.15) is 5.51 Å². The Balaban J connectivity index is 2.05. The minimum absolute atomic E-state index is 0.317. The van der Waals surface area contributed by atoms with E-state index in [1.807, 2.05) is 0 Å². The third-order valence-corrected chi connectivity index (χ3v) is 4.88. The third kappa shape index (κ3) is 2.64. The molecule has 0 bridgehead atoms. The summed E-state index contributed by atoms with van der Waals surface area (Å²) >= 11 is 1.19. The van der Waals surface area contributed by atoms with Crippen molar-refractivity contribution in [2.24, 2.45) is 0 Å². The van der Waals surface area contributed by atoms with Gasteiger partial charge in [-0.2, -0.15) is 0 Å². The zero-order valence-corrected chi connectivity index (χ0v) is 9.64. The Kier molecular flexibility index (Phi) is 3.17. The molecule has 2 heterocycles. The van der Waals surface area contributed by atoms with Gasteiger partial charge in [0.15, 0.2) is 0 Å². The SMILES string of the molecule is O=S(=O)(Nc1nncs1)C1CCNCC1. The van der Waals surface area contributed by atoms with E-state index in [9.17, 15) is 8.42 Å². The van der Waals surface area contributed by atoms with Crippen LogP contribution < -0.4 is 10.0 Å². The van der Waals surface area contributed by atoms with Gasteiger partial charge in [0.25, 0.3) is 0 Å². The number of nitrogens with zero attached hydrogens (tertiary/aromatic N) is 2. The number of anilines is 1. The molecular weight excluding hydrogens is 236 g/mol. The van der Waals surface area contributed by atoms with Crippen LogP contribution in [0.4, 0.5) is 5.13 Å². The second-order valence-electron chi connectivity index (χ2n) is 3.34. The predicted molar refractivity (Wildman–Crippen MR) is 58.3 cm³/mol. The van der Waals surface area contributed by atoms with Crippen molar-refractivity contribution in [3.8, 4) is 0 Å². The lowest BCUT2D eigenvalue weighted by Gasteiger charge is -2.22. The number of hydrogen-bond donors (Lipinski definition) is 2. The molecule has 2 N–H and O–H groups in total. The van der Waals surface area contributed by atoms with Gasteiger partial charge < -0.3 is 5.32 Å². The fraction of sp³-hybridized carbons (Fsp3) is 0.714. The van der Waals surface area contributed by atoms with E-state index in [2.05, 4.69) is 20.2 Å². The van der Waals surface area contributed by atoms with Gasteiger partial charge in [-0.25, -0.2) is 8.42 Å². The number of aromatic nitrogens is 2. The first-order valence-electron chi connectivity index (χ1n) is 4.67. The Morgan fingerprint density at radius 1 is 1.47 bits per heavy atom. The average molecular weight is 248 g/mol. The molecule has 0 amide bonds. The van der Waals surface area contributed by atoms with Gasteiger partial charge in [-0.05, 0) is 25.9 Å². The van der Waals surface area contributed by atoms with Gasteiger partial charge in [0, 0.05) is 0 Å². The van der Waals surface area contributed by atoms with Crippen LogP contribution in [0.25, 0.3) is 0 Å². The Morgan fingerprint density at radius 2 is 2.20 bits per heavy atom. The summed E-state index contributed by atoms with van der Waals surface area (Å²) in [6.45, 7) is 1.50. The molecule has 0 radical (unpaired) electrons. The lowest BCUT2D eigenvalue weighted by Crippen LogP contribution is -2.38. The topological polar surface area (TPSA) is 84.0 Å². The number of rotatable bonds is 3. The number of sulfonamides is 1. The molecule has 6 nitrogen and oxygen atoms in total. The van der Waals surface area contributed by atoms with Crippen LogP contribution >= 0.6 is 11.3 Å². The summed E-state index contributed by atoms with van der Waals surface area (Å²) in [6.07, 6.45) is 1.29. The molecule has 1 saturated heterocycles. The van der Waals surface area contributed by atoms with Crippen LogP contribution in [0.3, 0.4) is 0 Å². The molecule has 0 aliphatic carbocycles. The van der Waals surface area contributed by atoms with Crippen LogP contribution in [0.2, 0.25) is 0 Å². The fourth-order valence-corrected chi connectivity index (χ4v) is 3.66. The van der Waals surface area contributed by atoms with E-state index in [4.69, 9.17) is 0 Å². The first kappa shape index (κ1) is 10.8. The van der Waals surface area contributed by atoms with Crippen molar-refractivity contribution >= 4 is 26.5 Å². The zero-order chi connectivity index (χ0) is 10.7. The molecule has 84 valence electrons. The average Bonchev–Trinajstić information content (AvgIpc) is 2.71. The maximum Gasteiger partial charge on any atom is 0.237 e. The van der Waals surface area contributed by atoms with Gasteiger partial charge >= 0.3 is 0 Å². The molecule has 8 heteroatoms. The Bertz CT molecular complexity index is 397. The van der Waals surface area contributed by atoms with Crippen LogP contribution in [0.5, 0.6) is 0 Å². The first-order chi connectivity index (χ1) is 7.18. The first-order valence-corrected chi connectivity index (χ1v) is 7.09. The molecule has 1 aromatic heterocycles. The van der Waals surface area contributed by atoms with Crippen LogP contribution in [0, 0.1) is 0 Å². The normalized spacial score (nSPS) is 18.9. The monoisotopic (exact) mass is 248 g/mol. The number of piperidine rings is 1. The van der Waals surface area contributed by atoms with E-state index in [0.29, 0.717) is 18.0 Å². The molecule has 0 atom stereocenters. The van der Waals surface area contributed by atoms with Crippen molar-refractivity contribution in [1.29, 1.82) is 0 Å². The van der Waals surface area contributed by atoms with Gasteiger partial charge in [0.2, 0.25) is 15.2 Å². The number of hydrogen-bond acceptors (Lipinski definition) is 6. The predicted octanol–water partition coefficient (Wildman–Crippen LogP) is 0.0318. The van der Waals surface area contributed by atoms with E-state index in [1.165, 1.54) is 16.8 Å². The minimum Gasteiger partial charge on any atom is -0.317 e. The lowest BCUT2D eigenvalue weighted by molar-refractivity contribution is 0.499. The molecular formula is C7H12N4O2S2. The van der Waals surface area contributed by atoms with Crippen LogP contribution in [0.1, 0.15) is 12.8 Å². The molecule has 1 aliphatic rings. The molecule has 0 spiro atoms. The summed E-state index contributed by atoms with van der Waals surface area (Å²) in [5.41, 5.74) is 1.50. The minimum atomic E-state index is -3.29. The van der Waals surface area contributed by atoms with Gasteiger partial charge in [-0.1, -0.05) is 11.3 Å². The summed E-state index contributed by atoms with van der Waals surface area (Å²) in [6, 6.07) is 0. The quantitative estimate of drug-likeness (QED) is 0.788. The summed E-state index contributed by atoms with van der Waals surface area (Å²) in [4.78, 5) is 0. The van der Waals surface area contributed by atoms with E-state index < -0.39 is 10.0 Å². The molecule has 0 saturated carbocycles. The van der Waals surface area contributed by atoms with Crippen molar-refractivity contribution in [3.05, 3.63) is 5.51 Å². The summed E-state index contributed by atoms with van der Waals surface area (Å²) in [5.74, 6) is 0. The molecule has 1 aliphatic heterocycles. The standard InChI is InChI=1S/C7H12N4O2S2/c12-15(13,6-1-3-8-4-2-6)11-7-10-9-5-14-7/h5-6,8H,1-4H2,(H,10,11). The molecule has 1 fully saturated rings. The fourth-order valence-electron chi connectivity index (χ4n) is 1.53. The van der Waals surface area contributed by atoms with Gasteiger partial charge in [0.05, 0.1) is 5.25 Å². The molecule has 2 rings (SSSR count). The second kappa shape index (κ2) is 4.42. The van der Waals surface area contributed by atoms with E-state index in [0.717, 1.165) is 13.1 Å². The van der Waals surface area contributed by atoms with Crippen molar-refractivity contribution in [2.75, 3.05) is 17.8 Å². The zero-order valence-electron chi connectivity index (χ0n) is 8.01. The van der Waals surface area contributed by atoms with E-state index in [-0.39, 0.29) is 5.25 Å². The summed E-state index contributed by atoms with van der Waals surface area (Å²) < 4.78 is 26.2. The molecule has 0 unspecified atom stereocenters. The molecule has 15 heavy (non-hydrogen) atoms. The van der Waals surface area contributed by atoms with E-state index >= 15 is 0 Å². The smallest absolute Gasteiger partial charge is 0.237 e. The highest BCUT2D eigenvalue weighted by atomic mass is 32.2. The van der Waals surface area contributed by atoms with Crippen LogP contribution in [-0.2, 0) is 10.0 Å².